The predicted octanol–water partition coefficient (Wildman–Crippen LogP) is 7.14. The summed E-state index contributed by atoms with van der Waals surface area (Å²) >= 11 is 7.45. The molecule has 0 aliphatic heterocycles. The highest BCUT2D eigenvalue weighted by atomic mass is 35.5. The van der Waals surface area contributed by atoms with Gasteiger partial charge in [0, 0.05) is 26.7 Å². The third-order valence-electron chi connectivity index (χ3n) is 5.68. The normalized spacial score (nSPS) is 11.5. The molecule has 0 unspecified atom stereocenters. The second-order valence-electron chi connectivity index (χ2n) is 7.91. The molecule has 0 fully saturated rings. The molecule has 0 saturated carbocycles. The summed E-state index contributed by atoms with van der Waals surface area (Å²) < 4.78 is 0. The average Bonchev–Trinajstić information content (AvgIpc) is 3.21. The number of benzene rings is 4. The van der Waals surface area contributed by atoms with Gasteiger partial charge < -0.3 is 5.32 Å². The topological polar surface area (TPSA) is 46.2 Å². The third kappa shape index (κ3) is 4.72. The minimum absolute atomic E-state index is 0.108. The number of rotatable bonds is 6. The Morgan fingerprint density at radius 1 is 0.788 bits per heavy atom. The van der Waals surface area contributed by atoms with Gasteiger partial charge in [0.05, 0.1) is 5.75 Å². The highest BCUT2D eigenvalue weighted by Gasteiger charge is 2.19. The van der Waals surface area contributed by atoms with Crippen LogP contribution in [0.3, 0.4) is 0 Å². The Morgan fingerprint density at radius 2 is 1.58 bits per heavy atom. The van der Waals surface area contributed by atoms with Crippen LogP contribution < -0.4 is 5.32 Å². The molecule has 4 aromatic rings. The van der Waals surface area contributed by atoms with E-state index in [4.69, 9.17) is 11.6 Å². The standard InChI is InChI=1S/C28H20ClNO2S/c29-22-6-3-5-20(16-22)28(32)30-23-9-11-24(12-10-23)33-17-27(31)19-8-13-26-21(15-19)14-18-4-1-2-7-25(18)26/h1-13,15-16H,14,17H2,(H,30,32). The Kier molecular flexibility index (Phi) is 6.03. The molecule has 1 amide bonds. The van der Waals surface area contributed by atoms with Gasteiger partial charge in [0.1, 0.15) is 0 Å². The molecule has 5 rings (SSSR count). The summed E-state index contributed by atoms with van der Waals surface area (Å²) in [5, 5.41) is 3.38. The first-order chi connectivity index (χ1) is 16.1. The fourth-order valence-corrected chi connectivity index (χ4v) is 5.00. The summed E-state index contributed by atoms with van der Waals surface area (Å²) in [4.78, 5) is 26.1. The Morgan fingerprint density at radius 3 is 2.39 bits per heavy atom. The minimum Gasteiger partial charge on any atom is -0.322 e. The first-order valence-corrected chi connectivity index (χ1v) is 12.0. The van der Waals surface area contributed by atoms with E-state index in [1.165, 1.54) is 34.0 Å². The second kappa shape index (κ2) is 9.26. The Hall–Kier alpha value is -3.34. The maximum atomic E-state index is 12.8. The summed E-state index contributed by atoms with van der Waals surface area (Å²) in [6.45, 7) is 0. The summed E-state index contributed by atoms with van der Waals surface area (Å²) in [6, 6.07) is 28.7. The van der Waals surface area contributed by atoms with E-state index >= 15 is 0 Å². The van der Waals surface area contributed by atoms with Gasteiger partial charge in [-0.25, -0.2) is 0 Å². The minimum atomic E-state index is -0.216. The quantitative estimate of drug-likeness (QED) is 0.212. The van der Waals surface area contributed by atoms with Crippen molar-refractivity contribution >= 4 is 40.7 Å². The SMILES string of the molecule is O=C(CSc1ccc(NC(=O)c2cccc(Cl)c2)cc1)c1ccc2c(c1)Cc1ccccc1-2. The molecule has 0 spiro atoms. The molecule has 33 heavy (non-hydrogen) atoms. The Balaban J connectivity index is 1.19. The van der Waals surface area contributed by atoms with Crippen molar-refractivity contribution in [2.45, 2.75) is 11.3 Å². The van der Waals surface area contributed by atoms with Gasteiger partial charge in [-0.1, -0.05) is 54.1 Å². The van der Waals surface area contributed by atoms with E-state index in [-0.39, 0.29) is 11.7 Å². The van der Waals surface area contributed by atoms with Gasteiger partial charge in [-0.15, -0.1) is 11.8 Å². The van der Waals surface area contributed by atoms with Gasteiger partial charge >= 0.3 is 0 Å². The number of carbonyl (C=O) groups is 2. The van der Waals surface area contributed by atoms with Crippen LogP contribution in [0.15, 0.2) is 95.9 Å². The van der Waals surface area contributed by atoms with E-state index in [2.05, 4.69) is 35.6 Å². The van der Waals surface area contributed by atoms with Crippen molar-refractivity contribution in [1.82, 2.24) is 0 Å². The average molecular weight is 470 g/mol. The van der Waals surface area contributed by atoms with Crippen LogP contribution in [0, 0.1) is 0 Å². The summed E-state index contributed by atoms with van der Waals surface area (Å²) in [5.74, 6) is 0.254. The fraction of sp³-hybridized carbons (Fsp3) is 0.0714. The van der Waals surface area contributed by atoms with E-state index in [0.29, 0.717) is 22.0 Å². The van der Waals surface area contributed by atoms with Gasteiger partial charge in [-0.2, -0.15) is 0 Å². The van der Waals surface area contributed by atoms with Crippen molar-refractivity contribution < 1.29 is 9.59 Å². The number of nitrogens with one attached hydrogen (secondary N) is 1. The Bertz CT molecular complexity index is 1360. The Labute approximate surface area is 201 Å². The molecule has 1 N–H and O–H groups in total. The molecule has 1 aliphatic rings. The largest absolute Gasteiger partial charge is 0.322 e. The van der Waals surface area contributed by atoms with E-state index < -0.39 is 0 Å². The number of halogens is 1. The maximum absolute atomic E-state index is 12.8. The van der Waals surface area contributed by atoms with Gasteiger partial charge in [0.2, 0.25) is 0 Å². The predicted molar refractivity (Wildman–Crippen MR) is 136 cm³/mol. The lowest BCUT2D eigenvalue weighted by Crippen LogP contribution is -2.11. The molecule has 4 aromatic carbocycles. The zero-order valence-electron chi connectivity index (χ0n) is 17.7. The molecule has 162 valence electrons. The van der Waals surface area contributed by atoms with Crippen molar-refractivity contribution in [1.29, 1.82) is 0 Å². The second-order valence-corrected chi connectivity index (χ2v) is 9.39. The fourth-order valence-electron chi connectivity index (χ4n) is 4.02. The summed E-state index contributed by atoms with van der Waals surface area (Å²) in [7, 11) is 0. The number of fused-ring (bicyclic) bond motifs is 3. The van der Waals surface area contributed by atoms with Crippen LogP contribution >= 0.6 is 23.4 Å². The maximum Gasteiger partial charge on any atom is 0.255 e. The van der Waals surface area contributed by atoms with Gasteiger partial charge in [-0.05, 0) is 77.2 Å². The number of amides is 1. The summed E-state index contributed by atoms with van der Waals surface area (Å²) in [6.07, 6.45) is 0.877. The van der Waals surface area contributed by atoms with Gasteiger partial charge in [-0.3, -0.25) is 9.59 Å². The van der Waals surface area contributed by atoms with Crippen LogP contribution in [0.25, 0.3) is 11.1 Å². The summed E-state index contributed by atoms with van der Waals surface area (Å²) in [5.41, 5.74) is 6.96. The molecule has 0 heterocycles. The van der Waals surface area contributed by atoms with Crippen molar-refractivity contribution in [2.75, 3.05) is 11.1 Å². The molecule has 1 aliphatic carbocycles. The van der Waals surface area contributed by atoms with E-state index in [1.54, 1.807) is 24.3 Å². The van der Waals surface area contributed by atoms with E-state index in [9.17, 15) is 9.59 Å². The number of thioether (sulfide) groups is 1. The number of carbonyl (C=O) groups excluding carboxylic acids is 2. The van der Waals surface area contributed by atoms with Crippen molar-refractivity contribution in [3.8, 4) is 11.1 Å². The van der Waals surface area contributed by atoms with Crippen molar-refractivity contribution in [3.63, 3.8) is 0 Å². The number of Topliss-reactive ketones (excluding diaryl/α,β-unsaturated/α-hetero) is 1. The monoisotopic (exact) mass is 469 g/mol. The smallest absolute Gasteiger partial charge is 0.255 e. The van der Waals surface area contributed by atoms with Crippen LogP contribution in [-0.2, 0) is 6.42 Å². The molecular weight excluding hydrogens is 450 g/mol. The zero-order valence-corrected chi connectivity index (χ0v) is 19.2. The number of hydrogen-bond donors (Lipinski definition) is 1. The van der Waals surface area contributed by atoms with Crippen molar-refractivity contribution in [2.24, 2.45) is 0 Å². The molecule has 0 bridgehead atoms. The van der Waals surface area contributed by atoms with Crippen LogP contribution in [0.4, 0.5) is 5.69 Å². The van der Waals surface area contributed by atoms with Crippen LogP contribution in [0.2, 0.25) is 5.02 Å². The number of hydrogen-bond acceptors (Lipinski definition) is 3. The molecule has 0 atom stereocenters. The lowest BCUT2D eigenvalue weighted by atomic mass is 10.0. The number of anilines is 1. The first kappa shape index (κ1) is 21.5. The van der Waals surface area contributed by atoms with E-state index in [1.807, 2.05) is 36.4 Å². The molecular formula is C28H20ClNO2S. The molecule has 3 nitrogen and oxygen atoms in total. The van der Waals surface area contributed by atoms with Gasteiger partial charge in [0.25, 0.3) is 5.91 Å². The molecule has 0 radical (unpaired) electrons. The third-order valence-corrected chi connectivity index (χ3v) is 6.93. The lowest BCUT2D eigenvalue weighted by Gasteiger charge is -2.08. The first-order valence-electron chi connectivity index (χ1n) is 10.6. The molecule has 0 saturated heterocycles. The zero-order chi connectivity index (χ0) is 22.8. The van der Waals surface area contributed by atoms with Crippen LogP contribution in [0.1, 0.15) is 31.8 Å². The van der Waals surface area contributed by atoms with Gasteiger partial charge in [0.15, 0.2) is 5.78 Å². The van der Waals surface area contributed by atoms with Crippen molar-refractivity contribution in [3.05, 3.63) is 118 Å². The highest BCUT2D eigenvalue weighted by Crippen LogP contribution is 2.37. The molecule has 5 heteroatoms. The molecule has 0 aromatic heterocycles. The van der Waals surface area contributed by atoms with E-state index in [0.717, 1.165) is 16.9 Å². The van der Waals surface area contributed by atoms with Crippen LogP contribution in [0.5, 0.6) is 0 Å². The van der Waals surface area contributed by atoms with Crippen LogP contribution in [-0.4, -0.2) is 17.4 Å². The highest BCUT2D eigenvalue weighted by molar-refractivity contribution is 8.00. The number of ketones is 1. The lowest BCUT2D eigenvalue weighted by molar-refractivity contribution is 0.101.